The van der Waals surface area contributed by atoms with Crippen LogP contribution in [-0.2, 0) is 9.59 Å². The summed E-state index contributed by atoms with van der Waals surface area (Å²) in [6.45, 7) is 3.47. The second-order valence-corrected chi connectivity index (χ2v) is 5.86. The first-order valence-corrected chi connectivity index (χ1v) is 8.12. The van der Waals surface area contributed by atoms with E-state index in [0.717, 1.165) is 31.5 Å². The normalized spacial score (nSPS) is 15.2. The van der Waals surface area contributed by atoms with Gasteiger partial charge in [0.05, 0.1) is 12.8 Å². The molecule has 3 N–H and O–H groups in total. The molecule has 1 aliphatic rings. The Morgan fingerprint density at radius 1 is 1.36 bits per heavy atom. The molecule has 1 aromatic rings. The maximum absolute atomic E-state index is 12.3. The van der Waals surface area contributed by atoms with Crippen molar-refractivity contribution in [3.05, 3.63) is 35.5 Å². The summed E-state index contributed by atoms with van der Waals surface area (Å²) in [4.78, 5) is 24.4. The van der Waals surface area contributed by atoms with Gasteiger partial charge in [0.25, 0.3) is 5.91 Å². The van der Waals surface area contributed by atoms with Crippen molar-refractivity contribution in [1.29, 1.82) is 5.26 Å². The van der Waals surface area contributed by atoms with Crippen molar-refractivity contribution in [3.63, 3.8) is 0 Å². The summed E-state index contributed by atoms with van der Waals surface area (Å²) in [5.41, 5.74) is 1.24. The topological polar surface area (TPSA) is 103 Å². The quantitative estimate of drug-likeness (QED) is 0.555. The number of amides is 2. The summed E-state index contributed by atoms with van der Waals surface area (Å²) in [6.07, 6.45) is 2.66. The molecule has 0 aliphatic carbocycles. The van der Waals surface area contributed by atoms with Crippen LogP contribution in [0.2, 0.25) is 0 Å². The molecule has 0 bridgehead atoms. The van der Waals surface area contributed by atoms with Crippen molar-refractivity contribution in [1.82, 2.24) is 10.6 Å². The van der Waals surface area contributed by atoms with Crippen LogP contribution in [0.1, 0.15) is 18.4 Å². The molecule has 0 saturated carbocycles. The number of nitriles is 1. The Kier molecular flexibility index (Phi) is 6.54. The minimum atomic E-state index is -0.600. The van der Waals surface area contributed by atoms with Gasteiger partial charge in [0, 0.05) is 12.1 Å². The Morgan fingerprint density at radius 2 is 2.08 bits per heavy atom. The number of benzene rings is 1. The number of hydrogen-bond acceptors (Lipinski definition) is 5. The first-order chi connectivity index (χ1) is 12.0. The highest BCUT2D eigenvalue weighted by molar-refractivity contribution is 6.07. The molecule has 1 aromatic carbocycles. The standard InChI is InChI=1S/C18H22N4O3/c1-12-3-4-16(25-2)15(9-12)22-18(24)14(10-19)11-21-17(23)13-5-7-20-8-6-13/h3-4,9,11,13,20H,5-8H2,1-2H3,(H,21,23)(H,22,24)/b14-11-. The summed E-state index contributed by atoms with van der Waals surface area (Å²) in [5.74, 6) is -0.375. The predicted molar refractivity (Wildman–Crippen MR) is 93.8 cm³/mol. The number of aryl methyl sites for hydroxylation is 1. The number of methoxy groups -OCH3 is 1. The van der Waals surface area contributed by atoms with Crippen molar-refractivity contribution in [2.75, 3.05) is 25.5 Å². The minimum absolute atomic E-state index is 0.0997. The first-order valence-electron chi connectivity index (χ1n) is 8.12. The van der Waals surface area contributed by atoms with Gasteiger partial charge in [0.2, 0.25) is 5.91 Å². The SMILES string of the molecule is COc1ccc(C)cc1NC(=O)/C(C#N)=C\NC(=O)C1CCNCC1. The molecule has 0 radical (unpaired) electrons. The third-order valence-electron chi connectivity index (χ3n) is 4.04. The highest BCUT2D eigenvalue weighted by Gasteiger charge is 2.20. The van der Waals surface area contributed by atoms with Crippen LogP contribution < -0.4 is 20.7 Å². The molecule has 7 heteroatoms. The molecule has 2 rings (SSSR count). The number of ether oxygens (including phenoxy) is 1. The number of piperidine rings is 1. The number of rotatable bonds is 5. The van der Waals surface area contributed by atoms with Crippen molar-refractivity contribution < 1.29 is 14.3 Å². The Labute approximate surface area is 147 Å². The maximum atomic E-state index is 12.3. The summed E-state index contributed by atoms with van der Waals surface area (Å²) >= 11 is 0. The number of carbonyl (C=O) groups excluding carboxylic acids is 2. The average Bonchev–Trinajstić information content (AvgIpc) is 2.63. The number of hydrogen-bond donors (Lipinski definition) is 3. The van der Waals surface area contributed by atoms with E-state index in [0.29, 0.717) is 11.4 Å². The van der Waals surface area contributed by atoms with Crippen LogP contribution in [0.4, 0.5) is 5.69 Å². The third kappa shape index (κ3) is 5.06. The predicted octanol–water partition coefficient (Wildman–Crippen LogP) is 1.47. The van der Waals surface area contributed by atoms with Gasteiger partial charge in [-0.3, -0.25) is 9.59 Å². The van der Waals surface area contributed by atoms with Crippen LogP contribution in [-0.4, -0.2) is 32.0 Å². The Bertz CT molecular complexity index is 716. The molecule has 25 heavy (non-hydrogen) atoms. The fraction of sp³-hybridized carbons (Fsp3) is 0.389. The van der Waals surface area contributed by atoms with Gasteiger partial charge in [-0.15, -0.1) is 0 Å². The van der Waals surface area contributed by atoms with Crippen LogP contribution in [0.15, 0.2) is 30.0 Å². The van der Waals surface area contributed by atoms with Crippen LogP contribution in [0.5, 0.6) is 5.75 Å². The minimum Gasteiger partial charge on any atom is -0.495 e. The van der Waals surface area contributed by atoms with E-state index in [1.165, 1.54) is 13.3 Å². The second-order valence-electron chi connectivity index (χ2n) is 5.86. The molecule has 0 spiro atoms. The van der Waals surface area contributed by atoms with E-state index >= 15 is 0 Å². The van der Waals surface area contributed by atoms with Gasteiger partial charge in [0.15, 0.2) is 0 Å². The molecule has 0 aromatic heterocycles. The van der Waals surface area contributed by atoms with Gasteiger partial charge >= 0.3 is 0 Å². The summed E-state index contributed by atoms with van der Waals surface area (Å²) in [5, 5.41) is 17.6. The van der Waals surface area contributed by atoms with Gasteiger partial charge in [-0.1, -0.05) is 6.07 Å². The molecular weight excluding hydrogens is 320 g/mol. The lowest BCUT2D eigenvalue weighted by atomic mass is 9.97. The van der Waals surface area contributed by atoms with E-state index in [1.54, 1.807) is 12.1 Å². The van der Waals surface area contributed by atoms with E-state index in [9.17, 15) is 14.9 Å². The molecule has 1 fully saturated rings. The van der Waals surface area contributed by atoms with Crippen molar-refractivity contribution >= 4 is 17.5 Å². The Morgan fingerprint density at radius 3 is 2.72 bits per heavy atom. The molecule has 132 valence electrons. The summed E-state index contributed by atoms with van der Waals surface area (Å²) < 4.78 is 5.20. The zero-order valence-electron chi connectivity index (χ0n) is 14.4. The zero-order valence-corrected chi connectivity index (χ0v) is 14.4. The molecule has 0 unspecified atom stereocenters. The fourth-order valence-electron chi connectivity index (χ4n) is 2.60. The van der Waals surface area contributed by atoms with Crippen LogP contribution in [0.25, 0.3) is 0 Å². The van der Waals surface area contributed by atoms with Gasteiger partial charge < -0.3 is 20.7 Å². The highest BCUT2D eigenvalue weighted by Crippen LogP contribution is 2.25. The number of nitrogens with zero attached hydrogens (tertiary/aromatic N) is 1. The van der Waals surface area contributed by atoms with E-state index in [1.807, 2.05) is 19.1 Å². The van der Waals surface area contributed by atoms with Gasteiger partial charge in [-0.05, 0) is 50.6 Å². The van der Waals surface area contributed by atoms with Crippen molar-refractivity contribution in [2.45, 2.75) is 19.8 Å². The largest absolute Gasteiger partial charge is 0.495 e. The molecule has 7 nitrogen and oxygen atoms in total. The lowest BCUT2D eigenvalue weighted by Crippen LogP contribution is -2.36. The van der Waals surface area contributed by atoms with Crippen molar-refractivity contribution in [3.8, 4) is 11.8 Å². The summed E-state index contributed by atoms with van der Waals surface area (Å²) in [7, 11) is 1.50. The molecule has 1 aliphatic heterocycles. The van der Waals surface area contributed by atoms with E-state index in [2.05, 4.69) is 16.0 Å². The van der Waals surface area contributed by atoms with E-state index in [4.69, 9.17) is 4.74 Å². The van der Waals surface area contributed by atoms with Crippen molar-refractivity contribution in [2.24, 2.45) is 5.92 Å². The Hall–Kier alpha value is -2.85. The zero-order chi connectivity index (χ0) is 18.2. The van der Waals surface area contributed by atoms with E-state index in [-0.39, 0.29) is 17.4 Å². The lowest BCUT2D eigenvalue weighted by molar-refractivity contribution is -0.124. The van der Waals surface area contributed by atoms with Gasteiger partial charge in [-0.2, -0.15) is 5.26 Å². The second kappa shape index (κ2) is 8.85. The van der Waals surface area contributed by atoms with Gasteiger partial charge in [-0.25, -0.2) is 0 Å². The van der Waals surface area contributed by atoms with Crippen LogP contribution in [0, 0.1) is 24.2 Å². The number of carbonyl (C=O) groups is 2. The van der Waals surface area contributed by atoms with E-state index < -0.39 is 5.91 Å². The number of nitrogens with one attached hydrogen (secondary N) is 3. The molecule has 1 saturated heterocycles. The van der Waals surface area contributed by atoms with Crippen LogP contribution >= 0.6 is 0 Å². The summed E-state index contributed by atoms with van der Waals surface area (Å²) in [6, 6.07) is 7.15. The number of anilines is 1. The average molecular weight is 342 g/mol. The highest BCUT2D eigenvalue weighted by atomic mass is 16.5. The molecule has 2 amide bonds. The molecule has 0 atom stereocenters. The molecule has 1 heterocycles. The fourth-order valence-corrected chi connectivity index (χ4v) is 2.60. The monoisotopic (exact) mass is 342 g/mol. The third-order valence-corrected chi connectivity index (χ3v) is 4.04. The Balaban J connectivity index is 2.04. The smallest absolute Gasteiger partial charge is 0.267 e. The first kappa shape index (κ1) is 18.5. The van der Waals surface area contributed by atoms with Gasteiger partial charge in [0.1, 0.15) is 17.4 Å². The maximum Gasteiger partial charge on any atom is 0.267 e. The lowest BCUT2D eigenvalue weighted by Gasteiger charge is -2.20. The molecular formula is C18H22N4O3. The van der Waals surface area contributed by atoms with Crippen LogP contribution in [0.3, 0.4) is 0 Å².